The van der Waals surface area contributed by atoms with E-state index in [1.54, 1.807) is 18.3 Å². The molecular formula is C23H22N2O2. The molecule has 2 aromatic carbocycles. The topological polar surface area (TPSA) is 53.4 Å². The standard InChI is InChI=1S/C23H22N2O2/c1-2-16-14-18(9-11-22(16)26)19-8-10-20(24-15-19)23(27)25-13-12-21(25)17-6-4-3-5-7-17/h3-11,14-15,21,26H,2,12-13H2,1H3/t21-/m1/s1. The van der Waals surface area contributed by atoms with Crippen molar-refractivity contribution in [3.8, 4) is 16.9 Å². The SMILES string of the molecule is CCc1cc(-c2ccc(C(=O)N3CC[C@@H]3c3ccccc3)nc2)ccc1O. The number of carbonyl (C=O) groups is 1. The zero-order valence-electron chi connectivity index (χ0n) is 15.3. The molecule has 1 saturated heterocycles. The van der Waals surface area contributed by atoms with Crippen molar-refractivity contribution in [2.75, 3.05) is 6.54 Å². The molecule has 136 valence electrons. The minimum atomic E-state index is -0.0263. The molecular weight excluding hydrogens is 336 g/mol. The molecule has 1 N–H and O–H groups in total. The molecule has 1 amide bonds. The van der Waals surface area contributed by atoms with Crippen molar-refractivity contribution in [1.82, 2.24) is 9.88 Å². The van der Waals surface area contributed by atoms with Crippen LogP contribution in [0.25, 0.3) is 11.1 Å². The van der Waals surface area contributed by atoms with E-state index in [2.05, 4.69) is 17.1 Å². The fraction of sp³-hybridized carbons (Fsp3) is 0.217. The average molecular weight is 358 g/mol. The van der Waals surface area contributed by atoms with E-state index in [-0.39, 0.29) is 11.9 Å². The van der Waals surface area contributed by atoms with E-state index in [9.17, 15) is 9.90 Å². The molecule has 0 unspecified atom stereocenters. The molecule has 4 nitrogen and oxygen atoms in total. The lowest BCUT2D eigenvalue weighted by molar-refractivity contribution is 0.0454. The maximum atomic E-state index is 12.8. The molecule has 3 aromatic rings. The monoisotopic (exact) mass is 358 g/mol. The van der Waals surface area contributed by atoms with Crippen LogP contribution in [-0.2, 0) is 6.42 Å². The highest BCUT2D eigenvalue weighted by molar-refractivity contribution is 5.93. The number of phenolic OH excluding ortho intramolecular Hbond substituents is 1. The second kappa shape index (κ2) is 7.23. The van der Waals surface area contributed by atoms with Crippen LogP contribution in [0.5, 0.6) is 5.75 Å². The predicted octanol–water partition coefficient (Wildman–Crippen LogP) is 4.60. The summed E-state index contributed by atoms with van der Waals surface area (Å²) < 4.78 is 0. The molecule has 0 bridgehead atoms. The van der Waals surface area contributed by atoms with Crippen LogP contribution in [0.15, 0.2) is 66.9 Å². The summed E-state index contributed by atoms with van der Waals surface area (Å²) in [5.41, 5.74) is 4.46. The summed E-state index contributed by atoms with van der Waals surface area (Å²) in [6.07, 6.45) is 3.48. The molecule has 1 aromatic heterocycles. The van der Waals surface area contributed by atoms with Crippen LogP contribution in [0.3, 0.4) is 0 Å². The fourth-order valence-corrected chi connectivity index (χ4v) is 3.54. The number of likely N-dealkylation sites (tertiary alicyclic amines) is 1. The second-order valence-electron chi connectivity index (χ2n) is 6.84. The first-order valence-corrected chi connectivity index (χ1v) is 9.31. The molecule has 4 rings (SSSR count). The molecule has 0 saturated carbocycles. The highest BCUT2D eigenvalue weighted by Gasteiger charge is 2.34. The number of nitrogens with zero attached hydrogens (tertiary/aromatic N) is 2. The lowest BCUT2D eigenvalue weighted by Gasteiger charge is -2.41. The van der Waals surface area contributed by atoms with Crippen molar-refractivity contribution in [2.45, 2.75) is 25.8 Å². The van der Waals surface area contributed by atoms with E-state index in [0.717, 1.165) is 36.1 Å². The predicted molar refractivity (Wildman–Crippen MR) is 106 cm³/mol. The number of rotatable bonds is 4. The Hall–Kier alpha value is -3.14. The average Bonchev–Trinajstić information content (AvgIpc) is 2.68. The number of hydrogen-bond donors (Lipinski definition) is 1. The van der Waals surface area contributed by atoms with Crippen LogP contribution in [0, 0.1) is 0 Å². The van der Waals surface area contributed by atoms with Gasteiger partial charge in [0.1, 0.15) is 11.4 Å². The minimum absolute atomic E-state index is 0.0263. The van der Waals surface area contributed by atoms with Crippen molar-refractivity contribution < 1.29 is 9.90 Å². The Bertz CT molecular complexity index is 952. The lowest BCUT2D eigenvalue weighted by atomic mass is 9.94. The summed E-state index contributed by atoms with van der Waals surface area (Å²) in [7, 11) is 0. The number of benzene rings is 2. The molecule has 1 fully saturated rings. The number of amides is 1. The Morgan fingerprint density at radius 1 is 1.11 bits per heavy atom. The smallest absolute Gasteiger partial charge is 0.272 e. The first-order valence-electron chi connectivity index (χ1n) is 9.31. The molecule has 0 aliphatic carbocycles. The van der Waals surface area contributed by atoms with Gasteiger partial charge in [-0.15, -0.1) is 0 Å². The molecule has 0 spiro atoms. The van der Waals surface area contributed by atoms with Gasteiger partial charge in [-0.3, -0.25) is 9.78 Å². The van der Waals surface area contributed by atoms with Gasteiger partial charge in [-0.1, -0.05) is 49.4 Å². The highest BCUT2D eigenvalue weighted by atomic mass is 16.3. The van der Waals surface area contributed by atoms with Gasteiger partial charge in [0.15, 0.2) is 0 Å². The van der Waals surface area contributed by atoms with Crippen molar-refractivity contribution >= 4 is 5.91 Å². The number of phenols is 1. The summed E-state index contributed by atoms with van der Waals surface area (Å²) in [6.45, 7) is 2.77. The summed E-state index contributed by atoms with van der Waals surface area (Å²) in [6, 6.07) is 19.5. The van der Waals surface area contributed by atoms with Crippen molar-refractivity contribution in [2.24, 2.45) is 0 Å². The van der Waals surface area contributed by atoms with Gasteiger partial charge in [-0.05, 0) is 47.7 Å². The maximum absolute atomic E-state index is 12.8. The third-order valence-electron chi connectivity index (χ3n) is 5.24. The largest absolute Gasteiger partial charge is 0.508 e. The van der Waals surface area contributed by atoms with Crippen LogP contribution in [0.1, 0.15) is 41.0 Å². The zero-order valence-corrected chi connectivity index (χ0v) is 15.3. The van der Waals surface area contributed by atoms with Crippen LogP contribution in [0.4, 0.5) is 0 Å². The van der Waals surface area contributed by atoms with Crippen LogP contribution < -0.4 is 0 Å². The maximum Gasteiger partial charge on any atom is 0.272 e. The van der Waals surface area contributed by atoms with Gasteiger partial charge < -0.3 is 10.0 Å². The van der Waals surface area contributed by atoms with Gasteiger partial charge in [-0.25, -0.2) is 0 Å². The molecule has 1 aliphatic heterocycles. The number of aromatic nitrogens is 1. The zero-order chi connectivity index (χ0) is 18.8. The third kappa shape index (κ3) is 3.31. The summed E-state index contributed by atoms with van der Waals surface area (Å²) in [4.78, 5) is 19.1. The van der Waals surface area contributed by atoms with Gasteiger partial charge in [-0.2, -0.15) is 0 Å². The van der Waals surface area contributed by atoms with Gasteiger partial charge in [0.05, 0.1) is 6.04 Å². The molecule has 1 aliphatic rings. The summed E-state index contributed by atoms with van der Waals surface area (Å²) in [5.74, 6) is 0.285. The van der Waals surface area contributed by atoms with Crippen LogP contribution in [-0.4, -0.2) is 27.4 Å². The molecule has 0 radical (unpaired) electrons. The van der Waals surface area contributed by atoms with Gasteiger partial charge in [0, 0.05) is 18.3 Å². The summed E-state index contributed by atoms with van der Waals surface area (Å²) >= 11 is 0. The molecule has 1 atom stereocenters. The van der Waals surface area contributed by atoms with Gasteiger partial charge in [0.25, 0.3) is 5.91 Å². The number of aryl methyl sites for hydroxylation is 1. The Morgan fingerprint density at radius 3 is 2.52 bits per heavy atom. The van der Waals surface area contributed by atoms with E-state index < -0.39 is 0 Å². The van der Waals surface area contributed by atoms with E-state index in [1.807, 2.05) is 48.2 Å². The first-order chi connectivity index (χ1) is 13.2. The highest BCUT2D eigenvalue weighted by Crippen LogP contribution is 2.34. The number of carbonyl (C=O) groups excluding carboxylic acids is 1. The second-order valence-corrected chi connectivity index (χ2v) is 6.84. The van der Waals surface area contributed by atoms with E-state index in [1.165, 1.54) is 5.56 Å². The van der Waals surface area contributed by atoms with Crippen molar-refractivity contribution in [3.63, 3.8) is 0 Å². The van der Waals surface area contributed by atoms with Crippen molar-refractivity contribution in [3.05, 3.63) is 83.7 Å². The number of aromatic hydroxyl groups is 1. The number of hydrogen-bond acceptors (Lipinski definition) is 3. The fourth-order valence-electron chi connectivity index (χ4n) is 3.54. The minimum Gasteiger partial charge on any atom is -0.508 e. The Morgan fingerprint density at radius 2 is 1.89 bits per heavy atom. The first kappa shape index (κ1) is 17.3. The molecule has 4 heteroatoms. The normalized spacial score (nSPS) is 16.0. The Labute approximate surface area is 159 Å². The number of pyridine rings is 1. The lowest BCUT2D eigenvalue weighted by Crippen LogP contribution is -2.45. The Balaban J connectivity index is 1.53. The van der Waals surface area contributed by atoms with E-state index in [4.69, 9.17) is 0 Å². The Kier molecular flexibility index (Phi) is 4.63. The third-order valence-corrected chi connectivity index (χ3v) is 5.24. The molecule has 2 heterocycles. The van der Waals surface area contributed by atoms with Gasteiger partial charge in [0.2, 0.25) is 0 Å². The quantitative estimate of drug-likeness (QED) is 0.741. The van der Waals surface area contributed by atoms with Crippen LogP contribution in [0.2, 0.25) is 0 Å². The van der Waals surface area contributed by atoms with E-state index >= 15 is 0 Å². The van der Waals surface area contributed by atoms with Crippen LogP contribution >= 0.6 is 0 Å². The summed E-state index contributed by atoms with van der Waals surface area (Å²) in [5, 5.41) is 9.85. The molecule has 27 heavy (non-hydrogen) atoms. The van der Waals surface area contributed by atoms with Gasteiger partial charge >= 0.3 is 0 Å². The van der Waals surface area contributed by atoms with Crippen molar-refractivity contribution in [1.29, 1.82) is 0 Å². The van der Waals surface area contributed by atoms with E-state index in [0.29, 0.717) is 11.4 Å².